The molecule has 1 fully saturated rings. The maximum absolute atomic E-state index is 12.7. The number of hydrogen-bond donors (Lipinski definition) is 2. The van der Waals surface area contributed by atoms with Crippen molar-refractivity contribution in [3.8, 4) is 0 Å². The Kier molecular flexibility index (Phi) is 4.14. The molecule has 1 saturated heterocycles. The fraction of sp³-hybridized carbons (Fsp3) is 0.438. The van der Waals surface area contributed by atoms with Gasteiger partial charge in [0.05, 0.1) is 11.8 Å². The topological polar surface area (TPSA) is 119 Å². The number of nitrogens with zero attached hydrogens (tertiary/aromatic N) is 4. The van der Waals surface area contributed by atoms with E-state index in [1.54, 1.807) is 25.4 Å². The number of aromatic amines is 1. The van der Waals surface area contributed by atoms with Crippen LogP contribution < -0.4 is 5.32 Å². The molecular weight excluding hydrogens is 324 g/mol. The van der Waals surface area contributed by atoms with Gasteiger partial charge in [-0.05, 0) is 37.8 Å². The van der Waals surface area contributed by atoms with Crippen molar-refractivity contribution in [3.63, 3.8) is 0 Å². The van der Waals surface area contributed by atoms with Gasteiger partial charge in [-0.2, -0.15) is 4.98 Å². The summed E-state index contributed by atoms with van der Waals surface area (Å²) in [6.07, 6.45) is 3.18. The number of H-pyrrole nitrogens is 1. The van der Waals surface area contributed by atoms with Crippen LogP contribution in [0.4, 0.5) is 0 Å². The van der Waals surface area contributed by atoms with Crippen LogP contribution in [0.2, 0.25) is 0 Å². The third kappa shape index (κ3) is 3.22. The molecule has 25 heavy (non-hydrogen) atoms. The zero-order chi connectivity index (χ0) is 17.2. The molecule has 1 amide bonds. The van der Waals surface area contributed by atoms with Crippen molar-refractivity contribution in [2.24, 2.45) is 5.92 Å². The van der Waals surface area contributed by atoms with Crippen molar-refractivity contribution in [2.75, 3.05) is 13.2 Å². The largest absolute Gasteiger partial charge is 0.381 e. The Morgan fingerprint density at radius 3 is 2.92 bits per heavy atom. The Labute approximate surface area is 143 Å². The van der Waals surface area contributed by atoms with Crippen molar-refractivity contribution < 1.29 is 14.1 Å². The molecule has 9 nitrogen and oxygen atoms in total. The molecule has 0 unspecified atom stereocenters. The van der Waals surface area contributed by atoms with E-state index in [1.165, 1.54) is 0 Å². The highest BCUT2D eigenvalue weighted by atomic mass is 16.5. The Morgan fingerprint density at radius 1 is 1.32 bits per heavy atom. The van der Waals surface area contributed by atoms with Crippen LogP contribution in [0.5, 0.6) is 0 Å². The summed E-state index contributed by atoms with van der Waals surface area (Å²) in [7, 11) is 0. The molecular formula is C16H18N6O3. The van der Waals surface area contributed by atoms with E-state index in [0.29, 0.717) is 36.3 Å². The minimum Gasteiger partial charge on any atom is -0.381 e. The molecule has 1 atom stereocenters. The first-order chi connectivity index (χ1) is 12.2. The molecule has 3 aromatic heterocycles. The van der Waals surface area contributed by atoms with Gasteiger partial charge in [0.1, 0.15) is 11.7 Å². The molecule has 3 aromatic rings. The first-order valence-electron chi connectivity index (χ1n) is 8.19. The predicted octanol–water partition coefficient (Wildman–Crippen LogP) is 1.55. The number of carbonyl (C=O) groups excluding carboxylic acids is 1. The maximum atomic E-state index is 12.7. The van der Waals surface area contributed by atoms with Gasteiger partial charge >= 0.3 is 0 Å². The average molecular weight is 342 g/mol. The van der Waals surface area contributed by atoms with Crippen LogP contribution in [0.1, 0.15) is 41.1 Å². The number of nitrogens with one attached hydrogen (secondary N) is 2. The summed E-state index contributed by atoms with van der Waals surface area (Å²) in [6, 6.07) is 3.08. The van der Waals surface area contributed by atoms with Gasteiger partial charge in [-0.1, -0.05) is 5.16 Å². The fourth-order valence-electron chi connectivity index (χ4n) is 3.03. The molecule has 0 saturated carbocycles. The quantitative estimate of drug-likeness (QED) is 0.738. The molecule has 0 aliphatic carbocycles. The van der Waals surface area contributed by atoms with Crippen LogP contribution >= 0.6 is 0 Å². The lowest BCUT2D eigenvalue weighted by atomic mass is 9.91. The summed E-state index contributed by atoms with van der Waals surface area (Å²) in [5, 5.41) is 6.85. The molecule has 130 valence electrons. The van der Waals surface area contributed by atoms with E-state index in [2.05, 4.69) is 30.4 Å². The molecule has 9 heteroatoms. The third-order valence-corrected chi connectivity index (χ3v) is 4.35. The third-order valence-electron chi connectivity index (χ3n) is 4.35. The molecule has 1 aliphatic heterocycles. The van der Waals surface area contributed by atoms with Gasteiger partial charge in [0, 0.05) is 13.2 Å². The molecule has 4 rings (SSSR count). The zero-order valence-corrected chi connectivity index (χ0v) is 13.7. The first-order valence-corrected chi connectivity index (χ1v) is 8.19. The summed E-state index contributed by atoms with van der Waals surface area (Å²) in [5.74, 6) is 0.833. The van der Waals surface area contributed by atoms with Crippen LogP contribution in [-0.4, -0.2) is 44.2 Å². The van der Waals surface area contributed by atoms with Gasteiger partial charge in [-0.15, -0.1) is 0 Å². The summed E-state index contributed by atoms with van der Waals surface area (Å²) in [4.78, 5) is 28.3. The standard InChI is InChI=1S/C16H18N6O3/c1-9-19-16(25-22-9)13(10-4-6-24-7-5-10)21-15(23)12-3-2-11-14(20-12)18-8-17-11/h2-3,8,10,13H,4-7H2,1H3,(H,21,23)(H,17,18,20)/t13-/m1/s1. The van der Waals surface area contributed by atoms with E-state index in [4.69, 9.17) is 9.26 Å². The van der Waals surface area contributed by atoms with Crippen LogP contribution in [0.25, 0.3) is 11.2 Å². The van der Waals surface area contributed by atoms with Gasteiger partial charge in [-0.25, -0.2) is 9.97 Å². The number of imidazole rings is 1. The van der Waals surface area contributed by atoms with E-state index in [1.807, 2.05) is 0 Å². The van der Waals surface area contributed by atoms with Crippen molar-refractivity contribution in [1.82, 2.24) is 30.4 Å². The van der Waals surface area contributed by atoms with E-state index >= 15 is 0 Å². The molecule has 0 bridgehead atoms. The predicted molar refractivity (Wildman–Crippen MR) is 86.7 cm³/mol. The number of amides is 1. The smallest absolute Gasteiger partial charge is 0.270 e. The monoisotopic (exact) mass is 342 g/mol. The number of pyridine rings is 1. The van der Waals surface area contributed by atoms with Gasteiger partial charge in [0.25, 0.3) is 5.91 Å². The highest BCUT2D eigenvalue weighted by molar-refractivity contribution is 5.94. The van der Waals surface area contributed by atoms with Crippen LogP contribution in [0, 0.1) is 12.8 Å². The lowest BCUT2D eigenvalue weighted by molar-refractivity contribution is 0.0467. The molecule has 0 radical (unpaired) electrons. The number of aryl methyl sites for hydroxylation is 1. The van der Waals surface area contributed by atoms with Crippen LogP contribution in [-0.2, 0) is 4.74 Å². The summed E-state index contributed by atoms with van der Waals surface area (Å²) in [6.45, 7) is 3.06. The minimum absolute atomic E-state index is 0.173. The normalized spacial score (nSPS) is 16.8. The average Bonchev–Trinajstić information content (AvgIpc) is 3.28. The highest BCUT2D eigenvalue weighted by Gasteiger charge is 2.31. The number of carbonyl (C=O) groups is 1. The molecule has 1 aliphatic rings. The van der Waals surface area contributed by atoms with Crippen molar-refractivity contribution >= 4 is 17.1 Å². The first kappa shape index (κ1) is 15.7. The second-order valence-corrected chi connectivity index (χ2v) is 6.05. The van der Waals surface area contributed by atoms with E-state index in [-0.39, 0.29) is 17.9 Å². The van der Waals surface area contributed by atoms with Gasteiger partial charge in [0.2, 0.25) is 5.89 Å². The SMILES string of the molecule is Cc1noc([C@H](NC(=O)c2ccc3[nH]cnc3n2)C2CCOCC2)n1. The van der Waals surface area contributed by atoms with Crippen LogP contribution in [0.3, 0.4) is 0 Å². The number of ether oxygens (including phenoxy) is 1. The van der Waals surface area contributed by atoms with E-state index in [0.717, 1.165) is 18.4 Å². The fourth-order valence-corrected chi connectivity index (χ4v) is 3.03. The van der Waals surface area contributed by atoms with E-state index < -0.39 is 0 Å². The highest BCUT2D eigenvalue weighted by Crippen LogP contribution is 2.29. The minimum atomic E-state index is -0.366. The molecule has 2 N–H and O–H groups in total. The molecule has 4 heterocycles. The van der Waals surface area contributed by atoms with Crippen LogP contribution in [0.15, 0.2) is 23.0 Å². The number of fused-ring (bicyclic) bond motifs is 1. The Balaban J connectivity index is 1.59. The van der Waals surface area contributed by atoms with Gasteiger partial charge < -0.3 is 19.6 Å². The number of aromatic nitrogens is 5. The van der Waals surface area contributed by atoms with Gasteiger partial charge in [-0.3, -0.25) is 4.79 Å². The summed E-state index contributed by atoms with van der Waals surface area (Å²) < 4.78 is 10.7. The Morgan fingerprint density at radius 2 is 2.16 bits per heavy atom. The second kappa shape index (κ2) is 6.60. The Bertz CT molecular complexity index is 883. The maximum Gasteiger partial charge on any atom is 0.270 e. The van der Waals surface area contributed by atoms with Crippen molar-refractivity contribution in [2.45, 2.75) is 25.8 Å². The number of rotatable bonds is 4. The molecule has 0 spiro atoms. The van der Waals surface area contributed by atoms with E-state index in [9.17, 15) is 4.79 Å². The lowest BCUT2D eigenvalue weighted by Crippen LogP contribution is -2.36. The summed E-state index contributed by atoms with van der Waals surface area (Å²) >= 11 is 0. The number of hydrogen-bond acceptors (Lipinski definition) is 7. The Hall–Kier alpha value is -2.81. The molecule has 0 aromatic carbocycles. The van der Waals surface area contributed by atoms with Crippen molar-refractivity contribution in [3.05, 3.63) is 35.9 Å². The summed E-state index contributed by atoms with van der Waals surface area (Å²) in [5.41, 5.74) is 1.59. The zero-order valence-electron chi connectivity index (χ0n) is 13.7. The van der Waals surface area contributed by atoms with Gasteiger partial charge in [0.15, 0.2) is 11.5 Å². The lowest BCUT2D eigenvalue weighted by Gasteiger charge is -2.28. The van der Waals surface area contributed by atoms with Crippen molar-refractivity contribution in [1.29, 1.82) is 0 Å². The second-order valence-electron chi connectivity index (χ2n) is 6.05.